The molecule has 0 aromatic rings. The Morgan fingerprint density at radius 2 is 2.62 bits per heavy atom. The van der Waals surface area contributed by atoms with Crippen molar-refractivity contribution in [3.63, 3.8) is 0 Å². The highest BCUT2D eigenvalue weighted by molar-refractivity contribution is 5.81. The third-order valence-electron chi connectivity index (χ3n) is 2.57. The Morgan fingerprint density at radius 3 is 3.23 bits per heavy atom. The molecule has 1 unspecified atom stereocenters. The second kappa shape index (κ2) is 3.96. The van der Waals surface area contributed by atoms with Crippen LogP contribution >= 0.6 is 0 Å². The molecule has 0 radical (unpaired) electrons. The number of aliphatic imine (C=N–C) groups is 1. The predicted octanol–water partition coefficient (Wildman–Crippen LogP) is -0.0861. The molecule has 0 saturated carbocycles. The van der Waals surface area contributed by atoms with Gasteiger partial charge in [-0.25, -0.2) is 0 Å². The van der Waals surface area contributed by atoms with Crippen LogP contribution in [0.3, 0.4) is 0 Å². The second-order valence-electron chi connectivity index (χ2n) is 3.74. The van der Waals surface area contributed by atoms with Crippen LogP contribution in [0.2, 0.25) is 0 Å². The van der Waals surface area contributed by atoms with Crippen LogP contribution in [-0.2, 0) is 4.74 Å². The minimum atomic E-state index is 0.690. The lowest BCUT2D eigenvalue weighted by Crippen LogP contribution is -2.38. The number of nitrogens with one attached hydrogen (secondary N) is 1. The van der Waals surface area contributed by atoms with E-state index in [4.69, 9.17) is 4.74 Å². The van der Waals surface area contributed by atoms with E-state index in [1.165, 1.54) is 6.42 Å². The van der Waals surface area contributed by atoms with Crippen LogP contribution < -0.4 is 5.32 Å². The zero-order valence-corrected chi connectivity index (χ0v) is 8.12. The van der Waals surface area contributed by atoms with Gasteiger partial charge in [0.25, 0.3) is 0 Å². The molecule has 0 spiro atoms. The van der Waals surface area contributed by atoms with Crippen molar-refractivity contribution in [1.82, 2.24) is 10.2 Å². The molecule has 2 aliphatic heterocycles. The molecule has 0 aromatic heterocycles. The SMILES string of the molecule is CN(CC1CCOC1)C1=NCCN1. The largest absolute Gasteiger partial charge is 0.381 e. The van der Waals surface area contributed by atoms with Gasteiger partial charge >= 0.3 is 0 Å². The van der Waals surface area contributed by atoms with E-state index in [0.29, 0.717) is 5.92 Å². The van der Waals surface area contributed by atoms with Gasteiger partial charge in [0.05, 0.1) is 13.2 Å². The molecule has 1 saturated heterocycles. The first-order valence-corrected chi connectivity index (χ1v) is 4.93. The average Bonchev–Trinajstić information content (AvgIpc) is 2.74. The maximum atomic E-state index is 5.33. The smallest absolute Gasteiger partial charge is 0.193 e. The molecule has 74 valence electrons. The van der Waals surface area contributed by atoms with Crippen LogP contribution in [0.25, 0.3) is 0 Å². The van der Waals surface area contributed by atoms with Gasteiger partial charge in [-0.3, -0.25) is 4.99 Å². The van der Waals surface area contributed by atoms with Crippen molar-refractivity contribution >= 4 is 5.96 Å². The highest BCUT2D eigenvalue weighted by Crippen LogP contribution is 2.13. The van der Waals surface area contributed by atoms with Crippen LogP contribution in [0.5, 0.6) is 0 Å². The zero-order valence-electron chi connectivity index (χ0n) is 8.12. The average molecular weight is 183 g/mol. The first-order valence-electron chi connectivity index (χ1n) is 4.93. The summed E-state index contributed by atoms with van der Waals surface area (Å²) in [6.45, 7) is 4.81. The quantitative estimate of drug-likeness (QED) is 0.650. The van der Waals surface area contributed by atoms with Crippen molar-refractivity contribution in [3.05, 3.63) is 0 Å². The fraction of sp³-hybridized carbons (Fsp3) is 0.889. The van der Waals surface area contributed by atoms with Crippen LogP contribution in [0.15, 0.2) is 4.99 Å². The van der Waals surface area contributed by atoms with Gasteiger partial charge < -0.3 is 15.0 Å². The monoisotopic (exact) mass is 183 g/mol. The Kier molecular flexibility index (Phi) is 2.68. The van der Waals surface area contributed by atoms with Crippen LogP contribution in [0.1, 0.15) is 6.42 Å². The van der Waals surface area contributed by atoms with Crippen molar-refractivity contribution in [2.24, 2.45) is 10.9 Å². The van der Waals surface area contributed by atoms with E-state index in [-0.39, 0.29) is 0 Å². The van der Waals surface area contributed by atoms with Crippen LogP contribution in [0, 0.1) is 5.92 Å². The van der Waals surface area contributed by atoms with Crippen molar-refractivity contribution in [1.29, 1.82) is 0 Å². The summed E-state index contributed by atoms with van der Waals surface area (Å²) in [6.07, 6.45) is 1.19. The van der Waals surface area contributed by atoms with Crippen molar-refractivity contribution in [2.45, 2.75) is 6.42 Å². The molecule has 4 nitrogen and oxygen atoms in total. The number of rotatable bonds is 2. The number of hydrogen-bond acceptors (Lipinski definition) is 4. The number of guanidine groups is 1. The Bertz CT molecular complexity index is 199. The molecule has 2 rings (SSSR count). The first kappa shape index (κ1) is 8.81. The standard InChI is InChI=1S/C9H17N3O/c1-12(9-10-3-4-11-9)6-8-2-5-13-7-8/h8H,2-7H2,1H3,(H,10,11). The molecule has 0 amide bonds. The van der Waals surface area contributed by atoms with Gasteiger partial charge in [0.2, 0.25) is 0 Å². The maximum Gasteiger partial charge on any atom is 0.193 e. The summed E-state index contributed by atoms with van der Waals surface area (Å²) < 4.78 is 5.33. The lowest BCUT2D eigenvalue weighted by molar-refractivity contribution is 0.181. The minimum absolute atomic E-state index is 0.690. The summed E-state index contributed by atoms with van der Waals surface area (Å²) in [5.74, 6) is 1.74. The molecule has 2 aliphatic rings. The van der Waals surface area contributed by atoms with Gasteiger partial charge in [-0.2, -0.15) is 0 Å². The van der Waals surface area contributed by atoms with Crippen LogP contribution in [0.4, 0.5) is 0 Å². The van der Waals surface area contributed by atoms with E-state index in [0.717, 1.165) is 38.8 Å². The van der Waals surface area contributed by atoms with Crippen molar-refractivity contribution in [3.8, 4) is 0 Å². The molecule has 0 bridgehead atoms. The Balaban J connectivity index is 1.79. The molecule has 0 aliphatic carbocycles. The topological polar surface area (TPSA) is 36.9 Å². The lowest BCUT2D eigenvalue weighted by atomic mass is 10.1. The molecule has 4 heteroatoms. The first-order chi connectivity index (χ1) is 6.36. The summed E-state index contributed by atoms with van der Waals surface area (Å²) in [5, 5.41) is 3.27. The van der Waals surface area contributed by atoms with E-state index in [1.807, 2.05) is 0 Å². The number of ether oxygens (including phenoxy) is 1. The van der Waals surface area contributed by atoms with Crippen molar-refractivity contribution in [2.75, 3.05) is 39.9 Å². The molecule has 1 atom stereocenters. The van der Waals surface area contributed by atoms with E-state index < -0.39 is 0 Å². The number of nitrogens with zero attached hydrogens (tertiary/aromatic N) is 2. The van der Waals surface area contributed by atoms with E-state index in [1.54, 1.807) is 0 Å². The Hall–Kier alpha value is -0.770. The second-order valence-corrected chi connectivity index (χ2v) is 3.74. The lowest BCUT2D eigenvalue weighted by Gasteiger charge is -2.21. The van der Waals surface area contributed by atoms with Crippen molar-refractivity contribution < 1.29 is 4.74 Å². The fourth-order valence-corrected chi connectivity index (χ4v) is 1.84. The fourth-order valence-electron chi connectivity index (χ4n) is 1.84. The summed E-state index contributed by atoms with van der Waals surface area (Å²) in [6, 6.07) is 0. The van der Waals surface area contributed by atoms with Gasteiger partial charge in [0.1, 0.15) is 0 Å². The Labute approximate surface area is 79.0 Å². The summed E-state index contributed by atoms with van der Waals surface area (Å²) in [5.41, 5.74) is 0. The van der Waals surface area contributed by atoms with Gasteiger partial charge in [0.15, 0.2) is 5.96 Å². The highest BCUT2D eigenvalue weighted by Gasteiger charge is 2.19. The molecular weight excluding hydrogens is 166 g/mol. The molecule has 1 fully saturated rings. The van der Waals surface area contributed by atoms with Crippen LogP contribution in [-0.4, -0.2) is 50.8 Å². The third kappa shape index (κ3) is 2.12. The maximum absolute atomic E-state index is 5.33. The molecule has 13 heavy (non-hydrogen) atoms. The molecule has 2 heterocycles. The minimum Gasteiger partial charge on any atom is -0.381 e. The third-order valence-corrected chi connectivity index (χ3v) is 2.57. The van der Waals surface area contributed by atoms with E-state index in [2.05, 4.69) is 22.3 Å². The summed E-state index contributed by atoms with van der Waals surface area (Å²) in [7, 11) is 2.09. The van der Waals surface area contributed by atoms with E-state index >= 15 is 0 Å². The number of hydrogen-bond donors (Lipinski definition) is 1. The zero-order chi connectivity index (χ0) is 9.10. The van der Waals surface area contributed by atoms with E-state index in [9.17, 15) is 0 Å². The predicted molar refractivity (Wildman–Crippen MR) is 51.9 cm³/mol. The molecule has 1 N–H and O–H groups in total. The summed E-state index contributed by atoms with van der Waals surface area (Å²) in [4.78, 5) is 6.57. The molecule has 0 aromatic carbocycles. The summed E-state index contributed by atoms with van der Waals surface area (Å²) >= 11 is 0. The Morgan fingerprint density at radius 1 is 1.69 bits per heavy atom. The normalized spacial score (nSPS) is 27.2. The van der Waals surface area contributed by atoms with Gasteiger partial charge in [-0.1, -0.05) is 0 Å². The van der Waals surface area contributed by atoms with Gasteiger partial charge in [-0.15, -0.1) is 0 Å². The highest BCUT2D eigenvalue weighted by atomic mass is 16.5. The molecular formula is C9H17N3O. The van der Waals surface area contributed by atoms with Gasteiger partial charge in [-0.05, 0) is 6.42 Å². The van der Waals surface area contributed by atoms with Gasteiger partial charge in [0, 0.05) is 32.7 Å².